The van der Waals surface area contributed by atoms with E-state index in [4.69, 9.17) is 5.73 Å². The molecule has 1 saturated heterocycles. The second-order valence-corrected chi connectivity index (χ2v) is 5.42. The van der Waals surface area contributed by atoms with Gasteiger partial charge in [-0.05, 0) is 50.9 Å². The average Bonchev–Trinajstić information content (AvgIpc) is 2.53. The van der Waals surface area contributed by atoms with E-state index < -0.39 is 5.91 Å². The SMILES string of the molecule is CNCCC1CCN(C(=O)c2ccc(C(N)=O)cn2)CC1.Cl. The smallest absolute Gasteiger partial charge is 0.272 e. The van der Waals surface area contributed by atoms with Gasteiger partial charge in [-0.25, -0.2) is 0 Å². The Morgan fingerprint density at radius 1 is 1.36 bits per heavy atom. The lowest BCUT2D eigenvalue weighted by atomic mass is 9.93. The molecule has 2 amide bonds. The molecule has 0 atom stereocenters. The van der Waals surface area contributed by atoms with Gasteiger partial charge in [0, 0.05) is 19.3 Å². The molecule has 2 heterocycles. The number of nitrogens with zero attached hydrogens (tertiary/aromatic N) is 2. The first kappa shape index (κ1) is 18.4. The van der Waals surface area contributed by atoms with Gasteiger partial charge in [0.2, 0.25) is 5.91 Å². The topological polar surface area (TPSA) is 88.3 Å². The largest absolute Gasteiger partial charge is 0.366 e. The van der Waals surface area contributed by atoms with Gasteiger partial charge in [-0.15, -0.1) is 12.4 Å². The van der Waals surface area contributed by atoms with Gasteiger partial charge in [0.1, 0.15) is 5.69 Å². The van der Waals surface area contributed by atoms with Gasteiger partial charge < -0.3 is 16.0 Å². The third-order valence-electron chi connectivity index (χ3n) is 3.97. The highest BCUT2D eigenvalue weighted by molar-refractivity contribution is 5.95. The lowest BCUT2D eigenvalue weighted by molar-refractivity contribution is 0.0680. The Balaban J connectivity index is 0.00000242. The molecule has 122 valence electrons. The fraction of sp³-hybridized carbons (Fsp3) is 0.533. The van der Waals surface area contributed by atoms with Crippen LogP contribution in [0.3, 0.4) is 0 Å². The van der Waals surface area contributed by atoms with Crippen molar-refractivity contribution in [3.8, 4) is 0 Å². The molecule has 6 nitrogen and oxygen atoms in total. The molecule has 1 aliphatic heterocycles. The Bertz CT molecular complexity index is 499. The van der Waals surface area contributed by atoms with E-state index >= 15 is 0 Å². The van der Waals surface area contributed by atoms with Crippen LogP contribution >= 0.6 is 12.4 Å². The summed E-state index contributed by atoms with van der Waals surface area (Å²) < 4.78 is 0. The summed E-state index contributed by atoms with van der Waals surface area (Å²) in [6, 6.07) is 3.11. The molecule has 0 aromatic carbocycles. The summed E-state index contributed by atoms with van der Waals surface area (Å²) in [6.07, 6.45) is 4.58. The highest BCUT2D eigenvalue weighted by Crippen LogP contribution is 2.21. The standard InChI is InChI=1S/C15H22N4O2.ClH/c1-17-7-4-11-5-8-19(9-6-11)15(21)13-3-2-12(10-18-13)14(16)20;/h2-3,10-11,17H,4-9H2,1H3,(H2,16,20);1H. The number of primary amides is 1. The number of hydrogen-bond donors (Lipinski definition) is 2. The van der Waals surface area contributed by atoms with Crippen molar-refractivity contribution in [3.63, 3.8) is 0 Å². The van der Waals surface area contributed by atoms with E-state index in [0.29, 0.717) is 17.2 Å². The van der Waals surface area contributed by atoms with Crippen LogP contribution in [-0.2, 0) is 0 Å². The maximum Gasteiger partial charge on any atom is 0.272 e. The number of nitrogens with two attached hydrogens (primary N) is 1. The van der Waals surface area contributed by atoms with Gasteiger partial charge in [-0.3, -0.25) is 14.6 Å². The molecule has 1 aliphatic rings. The minimum absolute atomic E-state index is 0. The molecule has 0 aliphatic carbocycles. The molecule has 0 radical (unpaired) electrons. The molecule has 7 heteroatoms. The molecule has 0 saturated carbocycles. The number of carbonyl (C=O) groups is 2. The normalized spacial score (nSPS) is 15.2. The number of aromatic nitrogens is 1. The van der Waals surface area contributed by atoms with Crippen LogP contribution in [0, 0.1) is 5.92 Å². The number of halogens is 1. The monoisotopic (exact) mass is 326 g/mol. The minimum atomic E-state index is -0.535. The summed E-state index contributed by atoms with van der Waals surface area (Å²) in [5.41, 5.74) is 5.84. The van der Waals surface area contributed by atoms with Crippen LogP contribution in [0.2, 0.25) is 0 Å². The predicted molar refractivity (Wildman–Crippen MR) is 87.2 cm³/mol. The number of hydrogen-bond acceptors (Lipinski definition) is 4. The zero-order valence-electron chi connectivity index (χ0n) is 12.7. The molecule has 0 bridgehead atoms. The van der Waals surface area contributed by atoms with E-state index in [0.717, 1.165) is 38.9 Å². The number of nitrogens with one attached hydrogen (secondary N) is 1. The van der Waals surface area contributed by atoms with Gasteiger partial charge in [0.25, 0.3) is 5.91 Å². The fourth-order valence-electron chi connectivity index (χ4n) is 2.60. The summed E-state index contributed by atoms with van der Waals surface area (Å²) in [5.74, 6) is 0.0802. The fourth-order valence-corrected chi connectivity index (χ4v) is 2.60. The maximum atomic E-state index is 12.3. The van der Waals surface area contributed by atoms with Crippen molar-refractivity contribution in [2.75, 3.05) is 26.7 Å². The average molecular weight is 327 g/mol. The van der Waals surface area contributed by atoms with Crippen LogP contribution in [0.25, 0.3) is 0 Å². The van der Waals surface area contributed by atoms with E-state index in [1.54, 1.807) is 12.1 Å². The van der Waals surface area contributed by atoms with Crippen molar-refractivity contribution in [2.45, 2.75) is 19.3 Å². The van der Waals surface area contributed by atoms with Crippen molar-refractivity contribution >= 4 is 24.2 Å². The van der Waals surface area contributed by atoms with Crippen LogP contribution in [0.15, 0.2) is 18.3 Å². The summed E-state index contributed by atoms with van der Waals surface area (Å²) in [4.78, 5) is 29.2. The van der Waals surface area contributed by atoms with Crippen molar-refractivity contribution in [1.29, 1.82) is 0 Å². The second kappa shape index (κ2) is 8.70. The van der Waals surface area contributed by atoms with Crippen LogP contribution < -0.4 is 11.1 Å². The van der Waals surface area contributed by atoms with Crippen LogP contribution in [0.4, 0.5) is 0 Å². The Kier molecular flexibility index (Phi) is 7.27. The first-order chi connectivity index (χ1) is 10.1. The van der Waals surface area contributed by atoms with Crippen molar-refractivity contribution in [1.82, 2.24) is 15.2 Å². The molecule has 1 fully saturated rings. The summed E-state index contributed by atoms with van der Waals surface area (Å²) >= 11 is 0. The minimum Gasteiger partial charge on any atom is -0.366 e. The van der Waals surface area contributed by atoms with Gasteiger partial charge in [0.15, 0.2) is 0 Å². The quantitative estimate of drug-likeness (QED) is 0.847. The number of piperidine rings is 1. The first-order valence-electron chi connectivity index (χ1n) is 7.31. The Labute approximate surface area is 136 Å². The Hall–Kier alpha value is -1.66. The van der Waals surface area contributed by atoms with Crippen LogP contribution in [0.1, 0.15) is 40.1 Å². The molecule has 22 heavy (non-hydrogen) atoms. The Morgan fingerprint density at radius 2 is 2.05 bits per heavy atom. The number of amides is 2. The first-order valence-corrected chi connectivity index (χ1v) is 7.31. The molecule has 0 spiro atoms. The highest BCUT2D eigenvalue weighted by atomic mass is 35.5. The van der Waals surface area contributed by atoms with E-state index in [1.807, 2.05) is 11.9 Å². The van der Waals surface area contributed by atoms with Crippen molar-refractivity contribution in [2.24, 2.45) is 11.7 Å². The summed E-state index contributed by atoms with van der Waals surface area (Å²) in [6.45, 7) is 2.56. The lowest BCUT2D eigenvalue weighted by Gasteiger charge is -2.31. The summed E-state index contributed by atoms with van der Waals surface area (Å²) in [5, 5.41) is 3.16. The van der Waals surface area contributed by atoms with Gasteiger partial charge in [-0.2, -0.15) is 0 Å². The van der Waals surface area contributed by atoms with E-state index in [9.17, 15) is 9.59 Å². The van der Waals surface area contributed by atoms with E-state index in [1.165, 1.54) is 6.20 Å². The molecule has 1 aromatic heterocycles. The van der Waals surface area contributed by atoms with Crippen LogP contribution in [-0.4, -0.2) is 48.4 Å². The molecule has 2 rings (SSSR count). The number of rotatable bonds is 5. The van der Waals surface area contributed by atoms with Crippen molar-refractivity contribution < 1.29 is 9.59 Å². The third-order valence-corrected chi connectivity index (χ3v) is 3.97. The zero-order valence-corrected chi connectivity index (χ0v) is 13.6. The van der Waals surface area contributed by atoms with E-state index in [2.05, 4.69) is 10.3 Å². The van der Waals surface area contributed by atoms with Gasteiger partial charge in [-0.1, -0.05) is 0 Å². The second-order valence-electron chi connectivity index (χ2n) is 5.42. The molecular formula is C15H23ClN4O2. The summed E-state index contributed by atoms with van der Waals surface area (Å²) in [7, 11) is 1.96. The molecule has 1 aromatic rings. The number of carbonyl (C=O) groups excluding carboxylic acids is 2. The number of likely N-dealkylation sites (tertiary alicyclic amines) is 1. The van der Waals surface area contributed by atoms with Gasteiger partial charge in [0.05, 0.1) is 5.56 Å². The van der Waals surface area contributed by atoms with Crippen molar-refractivity contribution in [3.05, 3.63) is 29.6 Å². The molecule has 3 N–H and O–H groups in total. The Morgan fingerprint density at radius 3 is 2.55 bits per heavy atom. The van der Waals surface area contributed by atoms with E-state index in [-0.39, 0.29) is 18.3 Å². The lowest BCUT2D eigenvalue weighted by Crippen LogP contribution is -2.39. The van der Waals surface area contributed by atoms with Gasteiger partial charge >= 0.3 is 0 Å². The maximum absolute atomic E-state index is 12.3. The molecular weight excluding hydrogens is 304 g/mol. The van der Waals surface area contributed by atoms with Crippen LogP contribution in [0.5, 0.6) is 0 Å². The molecule has 0 unspecified atom stereocenters. The predicted octanol–water partition coefficient (Wildman–Crippen LogP) is 1.06. The zero-order chi connectivity index (χ0) is 15.2. The third kappa shape index (κ3) is 4.68. The highest BCUT2D eigenvalue weighted by Gasteiger charge is 2.24. The number of pyridine rings is 1.